The number of nitrogens with zero attached hydrogens (tertiary/aromatic N) is 2. The first-order chi connectivity index (χ1) is 14.7. The minimum Gasteiger partial charge on any atom is -0.497 e. The smallest absolute Gasteiger partial charge is 0.238 e. The second-order valence-electron chi connectivity index (χ2n) is 8.03. The van der Waals surface area contributed by atoms with Gasteiger partial charge in [-0.1, -0.05) is 6.07 Å². The zero-order chi connectivity index (χ0) is 20.9. The Morgan fingerprint density at radius 2 is 1.77 bits per heavy atom. The van der Waals surface area contributed by atoms with E-state index in [1.54, 1.807) is 14.2 Å². The third-order valence-electron chi connectivity index (χ3n) is 6.13. The number of carbonyl (C=O) groups excluding carboxylic acids is 1. The van der Waals surface area contributed by atoms with Gasteiger partial charge in [0.2, 0.25) is 5.91 Å². The number of ether oxygens (including phenoxy) is 2. The van der Waals surface area contributed by atoms with E-state index in [1.807, 2.05) is 24.3 Å². The highest BCUT2D eigenvalue weighted by Crippen LogP contribution is 2.38. The average Bonchev–Trinajstić information content (AvgIpc) is 3.46. The number of nitrogens with one attached hydrogen (secondary N) is 1. The molecule has 1 amide bonds. The van der Waals surface area contributed by atoms with E-state index in [1.165, 1.54) is 18.5 Å². The van der Waals surface area contributed by atoms with Gasteiger partial charge in [0.05, 0.1) is 20.8 Å². The molecule has 0 saturated carbocycles. The molecule has 2 heterocycles. The number of anilines is 2. The molecule has 0 spiro atoms. The zero-order valence-electron chi connectivity index (χ0n) is 17.9. The van der Waals surface area contributed by atoms with Crippen molar-refractivity contribution in [3.05, 3.63) is 48.0 Å². The van der Waals surface area contributed by atoms with E-state index in [9.17, 15) is 4.79 Å². The fourth-order valence-corrected chi connectivity index (χ4v) is 4.58. The number of amides is 1. The highest BCUT2D eigenvalue weighted by molar-refractivity contribution is 5.92. The van der Waals surface area contributed by atoms with Crippen molar-refractivity contribution in [1.82, 2.24) is 4.90 Å². The summed E-state index contributed by atoms with van der Waals surface area (Å²) >= 11 is 0. The highest BCUT2D eigenvalue weighted by Gasteiger charge is 2.30. The lowest BCUT2D eigenvalue weighted by atomic mass is 10.0. The largest absolute Gasteiger partial charge is 0.497 e. The molecule has 1 N–H and O–H groups in total. The molecule has 0 bridgehead atoms. The van der Waals surface area contributed by atoms with Crippen molar-refractivity contribution in [1.29, 1.82) is 0 Å². The molecule has 6 nitrogen and oxygen atoms in total. The lowest BCUT2D eigenvalue weighted by Gasteiger charge is -2.26. The van der Waals surface area contributed by atoms with Gasteiger partial charge in [0, 0.05) is 42.1 Å². The van der Waals surface area contributed by atoms with E-state index in [0.29, 0.717) is 6.54 Å². The van der Waals surface area contributed by atoms with E-state index < -0.39 is 0 Å². The molecule has 2 aliphatic heterocycles. The van der Waals surface area contributed by atoms with Crippen LogP contribution in [0.1, 0.15) is 37.3 Å². The van der Waals surface area contributed by atoms with Crippen LogP contribution < -0.4 is 19.7 Å². The molecule has 2 aliphatic rings. The summed E-state index contributed by atoms with van der Waals surface area (Å²) in [4.78, 5) is 17.4. The second-order valence-corrected chi connectivity index (χ2v) is 8.03. The van der Waals surface area contributed by atoms with Crippen LogP contribution in [0.4, 0.5) is 11.4 Å². The first-order valence-corrected chi connectivity index (χ1v) is 10.8. The summed E-state index contributed by atoms with van der Waals surface area (Å²) in [5.41, 5.74) is 3.19. The molecule has 6 heteroatoms. The van der Waals surface area contributed by atoms with Crippen LogP contribution in [0.2, 0.25) is 0 Å². The monoisotopic (exact) mass is 409 g/mol. The fourth-order valence-electron chi connectivity index (χ4n) is 4.58. The molecule has 2 aromatic rings. The number of carbonyl (C=O) groups is 1. The highest BCUT2D eigenvalue weighted by atomic mass is 16.5. The Hall–Kier alpha value is -2.73. The van der Waals surface area contributed by atoms with Crippen LogP contribution in [0.5, 0.6) is 11.5 Å². The first-order valence-electron chi connectivity index (χ1n) is 10.8. The third kappa shape index (κ3) is 4.54. The summed E-state index contributed by atoms with van der Waals surface area (Å²) in [5, 5.41) is 3.06. The normalized spacial score (nSPS) is 19.1. The van der Waals surface area contributed by atoms with Gasteiger partial charge in [-0.05, 0) is 62.6 Å². The van der Waals surface area contributed by atoms with Crippen LogP contribution in [0.15, 0.2) is 42.5 Å². The maximum Gasteiger partial charge on any atom is 0.238 e. The van der Waals surface area contributed by atoms with Gasteiger partial charge in [-0.2, -0.15) is 0 Å². The maximum atomic E-state index is 12.7. The van der Waals surface area contributed by atoms with Crippen molar-refractivity contribution in [2.75, 3.05) is 50.6 Å². The molecule has 0 radical (unpaired) electrons. The van der Waals surface area contributed by atoms with Gasteiger partial charge in [0.25, 0.3) is 0 Å². The van der Waals surface area contributed by atoms with Gasteiger partial charge in [-0.3, -0.25) is 9.69 Å². The fraction of sp³-hybridized carbons (Fsp3) is 0.458. The number of hydrogen-bond donors (Lipinski definition) is 1. The summed E-state index contributed by atoms with van der Waals surface area (Å²) in [6, 6.07) is 14.3. The molecule has 0 unspecified atom stereocenters. The summed E-state index contributed by atoms with van der Waals surface area (Å²) in [5.74, 6) is 1.60. The Morgan fingerprint density at radius 1 is 1.00 bits per heavy atom. The minimum atomic E-state index is 0.0169. The van der Waals surface area contributed by atoms with Crippen molar-refractivity contribution in [2.24, 2.45) is 0 Å². The lowest BCUT2D eigenvalue weighted by molar-refractivity contribution is -0.117. The van der Waals surface area contributed by atoms with Crippen LogP contribution in [0.3, 0.4) is 0 Å². The summed E-state index contributed by atoms with van der Waals surface area (Å²) < 4.78 is 10.9. The van der Waals surface area contributed by atoms with Gasteiger partial charge >= 0.3 is 0 Å². The lowest BCUT2D eigenvalue weighted by Crippen LogP contribution is -2.33. The first kappa shape index (κ1) is 20.5. The number of hydrogen-bond acceptors (Lipinski definition) is 5. The Bertz CT molecular complexity index is 862. The Morgan fingerprint density at radius 3 is 2.47 bits per heavy atom. The van der Waals surface area contributed by atoms with Gasteiger partial charge < -0.3 is 19.7 Å². The standard InChI is InChI=1S/C24H31N3O3/c1-29-20-11-12-21(23(16-20)30-2)22-6-5-15-27(22)17-24(28)25-18-7-9-19(10-8-18)26-13-3-4-14-26/h7-12,16,22H,3-6,13-15,17H2,1-2H3,(H,25,28)/t22-/m0/s1. The van der Waals surface area contributed by atoms with Crippen molar-refractivity contribution in [3.63, 3.8) is 0 Å². The predicted octanol–water partition coefficient (Wildman–Crippen LogP) is 4.08. The Kier molecular flexibility index (Phi) is 6.43. The number of rotatable bonds is 7. The summed E-state index contributed by atoms with van der Waals surface area (Å²) in [6.45, 7) is 3.52. The van der Waals surface area contributed by atoms with Crippen LogP contribution >= 0.6 is 0 Å². The topological polar surface area (TPSA) is 54.0 Å². The second kappa shape index (κ2) is 9.39. The van der Waals surface area contributed by atoms with Gasteiger partial charge in [-0.15, -0.1) is 0 Å². The van der Waals surface area contributed by atoms with E-state index in [4.69, 9.17) is 9.47 Å². The number of methoxy groups -OCH3 is 2. The van der Waals surface area contributed by atoms with Crippen molar-refractivity contribution in [3.8, 4) is 11.5 Å². The molecule has 30 heavy (non-hydrogen) atoms. The number of likely N-dealkylation sites (tertiary alicyclic amines) is 1. The van der Waals surface area contributed by atoms with Gasteiger partial charge in [0.1, 0.15) is 11.5 Å². The molecule has 2 aromatic carbocycles. The van der Waals surface area contributed by atoms with Gasteiger partial charge in [-0.25, -0.2) is 0 Å². The molecule has 2 fully saturated rings. The molecule has 1 atom stereocenters. The van der Waals surface area contributed by atoms with Crippen LogP contribution in [-0.2, 0) is 4.79 Å². The minimum absolute atomic E-state index is 0.0169. The summed E-state index contributed by atoms with van der Waals surface area (Å²) in [7, 11) is 3.33. The van der Waals surface area contributed by atoms with Crippen LogP contribution in [-0.4, -0.2) is 51.2 Å². The zero-order valence-corrected chi connectivity index (χ0v) is 17.9. The third-order valence-corrected chi connectivity index (χ3v) is 6.13. The summed E-state index contributed by atoms with van der Waals surface area (Å²) in [6.07, 6.45) is 4.60. The predicted molar refractivity (Wildman–Crippen MR) is 120 cm³/mol. The molecular formula is C24H31N3O3. The molecule has 0 aromatic heterocycles. The van der Waals surface area contributed by atoms with Crippen molar-refractivity contribution < 1.29 is 14.3 Å². The Balaban J connectivity index is 1.39. The van der Waals surface area contributed by atoms with E-state index in [-0.39, 0.29) is 11.9 Å². The quantitative estimate of drug-likeness (QED) is 0.747. The molecule has 2 saturated heterocycles. The molecule has 160 valence electrons. The SMILES string of the molecule is COc1ccc([C@@H]2CCCN2CC(=O)Nc2ccc(N3CCCC3)cc2)c(OC)c1. The van der Waals surface area contributed by atoms with E-state index >= 15 is 0 Å². The molecule has 0 aliphatic carbocycles. The average molecular weight is 410 g/mol. The Labute approximate surface area is 178 Å². The van der Waals surface area contributed by atoms with Crippen molar-refractivity contribution >= 4 is 17.3 Å². The van der Waals surface area contributed by atoms with Crippen LogP contribution in [0, 0.1) is 0 Å². The maximum absolute atomic E-state index is 12.7. The van der Waals surface area contributed by atoms with Crippen molar-refractivity contribution in [2.45, 2.75) is 31.7 Å². The molecule has 4 rings (SSSR count). The number of benzene rings is 2. The van der Waals surface area contributed by atoms with Gasteiger partial charge in [0.15, 0.2) is 0 Å². The van der Waals surface area contributed by atoms with E-state index in [0.717, 1.165) is 55.2 Å². The van der Waals surface area contributed by atoms with Crippen LogP contribution in [0.25, 0.3) is 0 Å². The van der Waals surface area contributed by atoms with E-state index in [2.05, 4.69) is 33.3 Å². The molecular weight excluding hydrogens is 378 g/mol.